The van der Waals surface area contributed by atoms with Crippen LogP contribution in [0.3, 0.4) is 0 Å². The van der Waals surface area contributed by atoms with Crippen molar-refractivity contribution in [3.05, 3.63) is 18.1 Å². The van der Waals surface area contributed by atoms with Crippen LogP contribution in [0.4, 0.5) is 5.82 Å². The first-order chi connectivity index (χ1) is 9.00. The molecule has 7 heteroatoms. The average Bonchev–Trinajstić information content (AvgIpc) is 2.87. The number of carbonyl (C=O) groups excluding carboxylic acids is 1. The number of nitrogens with zero attached hydrogens (tertiary/aromatic N) is 4. The van der Waals surface area contributed by atoms with Gasteiger partial charge >= 0.3 is 5.97 Å². The Balaban J connectivity index is 2.28. The van der Waals surface area contributed by atoms with Gasteiger partial charge in [0.05, 0.1) is 12.4 Å². The van der Waals surface area contributed by atoms with Gasteiger partial charge in [-0.05, 0) is 12.8 Å². The minimum atomic E-state index is -0.872. The molecule has 1 aliphatic rings. The van der Waals surface area contributed by atoms with Gasteiger partial charge in [-0.15, -0.1) is 0 Å². The van der Waals surface area contributed by atoms with E-state index in [-0.39, 0.29) is 11.6 Å². The Morgan fingerprint density at radius 3 is 2.79 bits per heavy atom. The van der Waals surface area contributed by atoms with Crippen molar-refractivity contribution in [2.24, 2.45) is 0 Å². The van der Waals surface area contributed by atoms with Crippen LogP contribution in [0.2, 0.25) is 0 Å². The standard InChI is InChI=1S/C12H16N4O3/c1-15(2)11(17)8-6-13-7-10(14-8)16-5-3-4-9(16)12(18)19/h6-7,9H,3-5H2,1-2H3,(H,18,19)/t9-/m0/s1. The molecule has 1 aliphatic heterocycles. The van der Waals surface area contributed by atoms with Crippen molar-refractivity contribution < 1.29 is 14.7 Å². The number of amides is 1. The van der Waals surface area contributed by atoms with Crippen LogP contribution in [-0.2, 0) is 4.79 Å². The minimum Gasteiger partial charge on any atom is -0.480 e. The van der Waals surface area contributed by atoms with Gasteiger partial charge in [0.15, 0.2) is 0 Å². The van der Waals surface area contributed by atoms with Crippen molar-refractivity contribution >= 4 is 17.7 Å². The second-order valence-electron chi connectivity index (χ2n) is 4.65. The Kier molecular flexibility index (Phi) is 3.64. The zero-order valence-electron chi connectivity index (χ0n) is 10.9. The van der Waals surface area contributed by atoms with Gasteiger partial charge in [0.25, 0.3) is 5.91 Å². The lowest BCUT2D eigenvalue weighted by atomic mass is 10.2. The second-order valence-corrected chi connectivity index (χ2v) is 4.65. The Labute approximate surface area is 110 Å². The molecule has 0 aliphatic carbocycles. The number of carbonyl (C=O) groups is 2. The molecule has 102 valence electrons. The topological polar surface area (TPSA) is 86.6 Å². The number of hydrogen-bond acceptors (Lipinski definition) is 5. The van der Waals surface area contributed by atoms with Gasteiger partial charge in [-0.3, -0.25) is 9.78 Å². The Hall–Kier alpha value is -2.18. The zero-order valence-corrected chi connectivity index (χ0v) is 10.9. The van der Waals surface area contributed by atoms with Crippen molar-refractivity contribution in [1.82, 2.24) is 14.9 Å². The number of hydrogen-bond donors (Lipinski definition) is 1. The van der Waals surface area contributed by atoms with E-state index in [0.717, 1.165) is 6.42 Å². The summed E-state index contributed by atoms with van der Waals surface area (Å²) in [6.07, 6.45) is 4.26. The molecule has 2 heterocycles. The monoisotopic (exact) mass is 264 g/mol. The third-order valence-electron chi connectivity index (χ3n) is 3.08. The van der Waals surface area contributed by atoms with E-state index in [1.807, 2.05) is 0 Å². The van der Waals surface area contributed by atoms with Gasteiger partial charge < -0.3 is 14.9 Å². The summed E-state index contributed by atoms with van der Waals surface area (Å²) < 4.78 is 0. The molecule has 0 bridgehead atoms. The molecule has 1 fully saturated rings. The van der Waals surface area contributed by atoms with Gasteiger partial charge in [-0.25, -0.2) is 9.78 Å². The van der Waals surface area contributed by atoms with Crippen LogP contribution in [-0.4, -0.2) is 58.5 Å². The van der Waals surface area contributed by atoms with Crippen LogP contribution < -0.4 is 4.90 Å². The van der Waals surface area contributed by atoms with Gasteiger partial charge in [-0.1, -0.05) is 0 Å². The van der Waals surface area contributed by atoms with E-state index in [9.17, 15) is 9.59 Å². The van der Waals surface area contributed by atoms with E-state index >= 15 is 0 Å². The SMILES string of the molecule is CN(C)C(=O)c1cncc(N2CCC[C@H]2C(=O)O)n1. The predicted octanol–water partition coefficient (Wildman–Crippen LogP) is 0.232. The molecule has 1 N–H and O–H groups in total. The number of anilines is 1. The molecule has 0 saturated carbocycles. The molecule has 2 rings (SSSR count). The van der Waals surface area contributed by atoms with E-state index in [0.29, 0.717) is 18.8 Å². The second kappa shape index (κ2) is 5.21. The highest BCUT2D eigenvalue weighted by Crippen LogP contribution is 2.23. The van der Waals surface area contributed by atoms with E-state index in [4.69, 9.17) is 5.11 Å². The van der Waals surface area contributed by atoms with Gasteiger partial charge in [0.2, 0.25) is 0 Å². The molecule has 0 spiro atoms. The fourth-order valence-corrected chi connectivity index (χ4v) is 2.12. The van der Waals surface area contributed by atoms with Crippen molar-refractivity contribution in [2.45, 2.75) is 18.9 Å². The molecule has 1 saturated heterocycles. The summed E-state index contributed by atoms with van der Waals surface area (Å²) in [5.41, 5.74) is 0.221. The highest BCUT2D eigenvalue weighted by molar-refractivity contribution is 5.92. The van der Waals surface area contributed by atoms with Crippen LogP contribution in [0.25, 0.3) is 0 Å². The van der Waals surface area contributed by atoms with Gasteiger partial charge in [0, 0.05) is 20.6 Å². The molecular weight excluding hydrogens is 248 g/mol. The fraction of sp³-hybridized carbons (Fsp3) is 0.500. The molecule has 0 unspecified atom stereocenters. The predicted molar refractivity (Wildman–Crippen MR) is 68.1 cm³/mol. The number of carboxylic acid groups (broad SMARTS) is 1. The van der Waals surface area contributed by atoms with Crippen molar-refractivity contribution in [3.63, 3.8) is 0 Å². The van der Waals surface area contributed by atoms with Crippen molar-refractivity contribution in [3.8, 4) is 0 Å². The lowest BCUT2D eigenvalue weighted by molar-refractivity contribution is -0.138. The van der Waals surface area contributed by atoms with Crippen LogP contribution in [0.5, 0.6) is 0 Å². The third kappa shape index (κ3) is 2.64. The molecule has 19 heavy (non-hydrogen) atoms. The zero-order chi connectivity index (χ0) is 14.0. The maximum atomic E-state index is 11.8. The summed E-state index contributed by atoms with van der Waals surface area (Å²) in [6.45, 7) is 0.616. The lowest BCUT2D eigenvalue weighted by Crippen LogP contribution is -2.37. The summed E-state index contributed by atoms with van der Waals surface area (Å²) >= 11 is 0. The van der Waals surface area contributed by atoms with Crippen molar-refractivity contribution in [1.29, 1.82) is 0 Å². The van der Waals surface area contributed by atoms with E-state index < -0.39 is 12.0 Å². The number of carboxylic acids is 1. The minimum absolute atomic E-state index is 0.221. The maximum absolute atomic E-state index is 11.8. The molecule has 1 aromatic rings. The van der Waals surface area contributed by atoms with E-state index in [1.54, 1.807) is 19.0 Å². The smallest absolute Gasteiger partial charge is 0.326 e. The average molecular weight is 264 g/mol. The number of rotatable bonds is 3. The Morgan fingerprint density at radius 2 is 2.16 bits per heavy atom. The first kappa shape index (κ1) is 13.3. The third-order valence-corrected chi connectivity index (χ3v) is 3.08. The molecular formula is C12H16N4O3. The van der Waals surface area contributed by atoms with Crippen LogP contribution in [0, 0.1) is 0 Å². The normalized spacial score (nSPS) is 18.4. The molecule has 0 radical (unpaired) electrons. The van der Waals surface area contributed by atoms with E-state index in [2.05, 4.69) is 9.97 Å². The molecule has 1 atom stereocenters. The maximum Gasteiger partial charge on any atom is 0.326 e. The highest BCUT2D eigenvalue weighted by Gasteiger charge is 2.31. The molecule has 1 amide bonds. The van der Waals surface area contributed by atoms with Gasteiger partial charge in [0.1, 0.15) is 17.6 Å². The lowest BCUT2D eigenvalue weighted by Gasteiger charge is -2.22. The fourth-order valence-electron chi connectivity index (χ4n) is 2.12. The summed E-state index contributed by atoms with van der Waals surface area (Å²) in [5, 5.41) is 9.15. The van der Waals surface area contributed by atoms with E-state index in [1.165, 1.54) is 17.3 Å². The molecule has 0 aromatic carbocycles. The number of aromatic nitrogens is 2. The Morgan fingerprint density at radius 1 is 1.42 bits per heavy atom. The van der Waals surface area contributed by atoms with Gasteiger partial charge in [-0.2, -0.15) is 0 Å². The summed E-state index contributed by atoms with van der Waals surface area (Å²) in [4.78, 5) is 34.3. The first-order valence-electron chi connectivity index (χ1n) is 6.04. The van der Waals surface area contributed by atoms with Crippen LogP contribution in [0.15, 0.2) is 12.4 Å². The van der Waals surface area contributed by atoms with Crippen molar-refractivity contribution in [2.75, 3.05) is 25.5 Å². The summed E-state index contributed by atoms with van der Waals surface area (Å²) in [6, 6.07) is -0.584. The largest absolute Gasteiger partial charge is 0.480 e. The molecule has 7 nitrogen and oxygen atoms in total. The number of aliphatic carboxylic acids is 1. The highest BCUT2D eigenvalue weighted by atomic mass is 16.4. The summed E-state index contributed by atoms with van der Waals surface area (Å²) in [7, 11) is 3.26. The van der Waals surface area contributed by atoms with Crippen LogP contribution in [0.1, 0.15) is 23.3 Å². The van der Waals surface area contributed by atoms with Crippen LogP contribution >= 0.6 is 0 Å². The Bertz CT molecular complexity index is 504. The first-order valence-corrected chi connectivity index (χ1v) is 6.04. The quantitative estimate of drug-likeness (QED) is 0.841. The summed E-state index contributed by atoms with van der Waals surface area (Å²) in [5.74, 6) is -0.679. The molecule has 1 aromatic heterocycles.